The summed E-state index contributed by atoms with van der Waals surface area (Å²) in [6, 6.07) is 14.1. The van der Waals surface area contributed by atoms with Crippen LogP contribution in [0.15, 0.2) is 42.5 Å². The molecular formula is C21H19Cl2N4O. The lowest BCUT2D eigenvalue weighted by atomic mass is 10.0. The van der Waals surface area contributed by atoms with Gasteiger partial charge in [0, 0.05) is 30.0 Å². The van der Waals surface area contributed by atoms with Gasteiger partial charge in [0.1, 0.15) is 12.4 Å². The molecule has 0 atom stereocenters. The Balaban J connectivity index is 1.30. The second-order valence-corrected chi connectivity index (χ2v) is 8.01. The maximum Gasteiger partial charge on any atom is 0.270 e. The Morgan fingerprint density at radius 2 is 1.86 bits per heavy atom. The van der Waals surface area contributed by atoms with Crippen LogP contribution in [-0.2, 0) is 0 Å². The molecule has 5 rings (SSSR count). The number of hydrogen-bond donors (Lipinski definition) is 2. The van der Waals surface area contributed by atoms with Gasteiger partial charge in [-0.15, -0.1) is 0 Å². The molecule has 3 heterocycles. The number of carbonyl (C=O) groups excluding carboxylic acids is 1. The van der Waals surface area contributed by atoms with E-state index in [0.717, 1.165) is 42.5 Å². The van der Waals surface area contributed by atoms with Crippen LogP contribution in [0.1, 0.15) is 23.3 Å². The number of piperidine rings is 1. The van der Waals surface area contributed by atoms with E-state index < -0.39 is 0 Å². The Bertz CT molecular complexity index is 1060. The molecule has 7 heteroatoms. The standard InChI is InChI=1S/C21H19Cl2N4O/c22-15-5-6-16-14(20(15)23)11-18(25-16)21(28)26-9-7-13(8-10-26)27-12-24-17-3-1-2-4-19(17)27/h1-6,11-13,24-25H,7-10H2. The number of aromatic amines is 1. The van der Waals surface area contributed by atoms with Gasteiger partial charge in [-0.05, 0) is 43.2 Å². The summed E-state index contributed by atoms with van der Waals surface area (Å²) < 4.78 is 0. The molecular weight excluding hydrogens is 395 g/mol. The van der Waals surface area contributed by atoms with Crippen molar-refractivity contribution in [1.82, 2.24) is 9.88 Å². The van der Waals surface area contributed by atoms with Gasteiger partial charge in [-0.2, -0.15) is 0 Å². The number of fused-ring (bicyclic) bond motifs is 2. The van der Waals surface area contributed by atoms with Gasteiger partial charge in [0.2, 0.25) is 0 Å². The first-order valence-electron chi connectivity index (χ1n) is 9.35. The third-order valence-electron chi connectivity index (χ3n) is 5.61. The summed E-state index contributed by atoms with van der Waals surface area (Å²) in [4.78, 5) is 20.4. The van der Waals surface area contributed by atoms with Gasteiger partial charge < -0.3 is 20.1 Å². The fourth-order valence-electron chi connectivity index (χ4n) is 4.11. The van der Waals surface area contributed by atoms with Crippen molar-refractivity contribution in [2.75, 3.05) is 23.3 Å². The molecule has 1 radical (unpaired) electrons. The Hall–Kier alpha value is -2.37. The van der Waals surface area contributed by atoms with Crippen LogP contribution < -0.4 is 10.2 Å². The third kappa shape index (κ3) is 2.90. The number of hydrogen-bond acceptors (Lipinski definition) is 3. The van der Waals surface area contributed by atoms with Crippen LogP contribution >= 0.6 is 23.2 Å². The van der Waals surface area contributed by atoms with Crippen LogP contribution in [0.25, 0.3) is 10.9 Å². The number of H-pyrrole nitrogens is 1. The normalized spacial score (nSPS) is 17.1. The number of amides is 1. The maximum absolute atomic E-state index is 13.0. The van der Waals surface area contributed by atoms with Crippen molar-refractivity contribution in [2.45, 2.75) is 18.9 Å². The molecule has 1 saturated heterocycles. The molecule has 1 amide bonds. The summed E-state index contributed by atoms with van der Waals surface area (Å²) in [5.41, 5.74) is 3.71. The molecule has 2 aliphatic rings. The topological polar surface area (TPSA) is 51.4 Å². The SMILES string of the molecule is O=C(c1cc2c(Cl)c(Cl)ccc2[nH]1)N1CCC(N2[CH]Nc3ccccc32)CC1. The molecule has 28 heavy (non-hydrogen) atoms. The van der Waals surface area contributed by atoms with E-state index in [0.29, 0.717) is 21.8 Å². The predicted octanol–water partition coefficient (Wildman–Crippen LogP) is 5.13. The summed E-state index contributed by atoms with van der Waals surface area (Å²) in [6.07, 6.45) is 1.84. The molecule has 1 fully saturated rings. The molecule has 0 saturated carbocycles. The van der Waals surface area contributed by atoms with Gasteiger partial charge in [0.05, 0.1) is 21.4 Å². The minimum absolute atomic E-state index is 0.00534. The van der Waals surface area contributed by atoms with Gasteiger partial charge in [0.25, 0.3) is 5.91 Å². The molecule has 2 aromatic carbocycles. The first kappa shape index (κ1) is 17.7. The van der Waals surface area contributed by atoms with Crippen molar-refractivity contribution in [3.05, 3.63) is 64.9 Å². The second-order valence-electron chi connectivity index (χ2n) is 7.23. The average Bonchev–Trinajstić information content (AvgIpc) is 3.35. The smallest absolute Gasteiger partial charge is 0.270 e. The highest BCUT2D eigenvalue weighted by Crippen LogP contribution is 2.36. The lowest BCUT2D eigenvalue weighted by molar-refractivity contribution is 0.0709. The number of halogens is 2. The van der Waals surface area contributed by atoms with Crippen molar-refractivity contribution in [3.8, 4) is 0 Å². The Labute approximate surface area is 173 Å². The van der Waals surface area contributed by atoms with E-state index in [-0.39, 0.29) is 5.91 Å². The predicted molar refractivity (Wildman–Crippen MR) is 114 cm³/mol. The Morgan fingerprint density at radius 1 is 1.07 bits per heavy atom. The first-order valence-corrected chi connectivity index (χ1v) is 10.1. The lowest BCUT2D eigenvalue weighted by Crippen LogP contribution is -2.45. The fourth-order valence-corrected chi connectivity index (χ4v) is 4.49. The number of nitrogens with zero attached hydrogens (tertiary/aromatic N) is 2. The second kappa shape index (κ2) is 6.90. The highest BCUT2D eigenvalue weighted by Gasteiger charge is 2.31. The van der Waals surface area contributed by atoms with Crippen LogP contribution in [0.2, 0.25) is 10.0 Å². The molecule has 2 N–H and O–H groups in total. The van der Waals surface area contributed by atoms with Crippen LogP contribution in [0.5, 0.6) is 0 Å². The number of anilines is 2. The minimum Gasteiger partial charge on any atom is -0.360 e. The van der Waals surface area contributed by atoms with Gasteiger partial charge in [0.15, 0.2) is 0 Å². The number of aromatic nitrogens is 1. The van der Waals surface area contributed by atoms with Crippen molar-refractivity contribution in [2.24, 2.45) is 0 Å². The third-order valence-corrected chi connectivity index (χ3v) is 6.43. The summed E-state index contributed by atoms with van der Waals surface area (Å²) in [5, 5.41) is 5.07. The average molecular weight is 414 g/mol. The molecule has 0 unspecified atom stereocenters. The van der Waals surface area contributed by atoms with Crippen molar-refractivity contribution in [3.63, 3.8) is 0 Å². The van der Waals surface area contributed by atoms with Crippen molar-refractivity contribution < 1.29 is 4.79 Å². The minimum atomic E-state index is 0.00534. The van der Waals surface area contributed by atoms with Gasteiger partial charge >= 0.3 is 0 Å². The number of para-hydroxylation sites is 2. The zero-order chi connectivity index (χ0) is 19.3. The van der Waals surface area contributed by atoms with E-state index in [1.54, 1.807) is 12.1 Å². The zero-order valence-electron chi connectivity index (χ0n) is 15.1. The molecule has 3 aromatic rings. The van der Waals surface area contributed by atoms with E-state index in [1.165, 1.54) is 5.69 Å². The van der Waals surface area contributed by atoms with E-state index in [1.807, 2.05) is 23.7 Å². The molecule has 2 aliphatic heterocycles. The molecule has 0 spiro atoms. The van der Waals surface area contributed by atoms with Crippen LogP contribution in [-0.4, -0.2) is 34.9 Å². The molecule has 0 aliphatic carbocycles. The Kier molecular flexibility index (Phi) is 4.37. The largest absolute Gasteiger partial charge is 0.360 e. The number of nitrogens with one attached hydrogen (secondary N) is 2. The molecule has 5 nitrogen and oxygen atoms in total. The Morgan fingerprint density at radius 3 is 2.68 bits per heavy atom. The number of benzene rings is 2. The molecule has 143 valence electrons. The lowest BCUT2D eigenvalue weighted by Gasteiger charge is -2.37. The maximum atomic E-state index is 13.0. The monoisotopic (exact) mass is 413 g/mol. The summed E-state index contributed by atoms with van der Waals surface area (Å²) in [6.45, 7) is 3.48. The van der Waals surface area contributed by atoms with E-state index in [9.17, 15) is 4.79 Å². The fraction of sp³-hybridized carbons (Fsp3) is 0.238. The van der Waals surface area contributed by atoms with E-state index in [2.05, 4.69) is 33.4 Å². The van der Waals surface area contributed by atoms with Gasteiger partial charge in [-0.3, -0.25) is 4.79 Å². The highest BCUT2D eigenvalue weighted by molar-refractivity contribution is 6.45. The number of likely N-dealkylation sites (tertiary alicyclic amines) is 1. The molecule has 1 aromatic heterocycles. The van der Waals surface area contributed by atoms with Crippen LogP contribution in [0, 0.1) is 6.67 Å². The molecule has 0 bridgehead atoms. The van der Waals surface area contributed by atoms with Gasteiger partial charge in [-0.1, -0.05) is 35.3 Å². The number of rotatable bonds is 2. The highest BCUT2D eigenvalue weighted by atomic mass is 35.5. The van der Waals surface area contributed by atoms with E-state index >= 15 is 0 Å². The first-order chi connectivity index (χ1) is 13.6. The van der Waals surface area contributed by atoms with Crippen molar-refractivity contribution >= 4 is 51.4 Å². The zero-order valence-corrected chi connectivity index (χ0v) is 16.6. The van der Waals surface area contributed by atoms with E-state index in [4.69, 9.17) is 23.2 Å². The number of carbonyl (C=O) groups is 1. The summed E-state index contributed by atoms with van der Waals surface area (Å²) in [5.74, 6) is 0.00534. The quantitative estimate of drug-likeness (QED) is 0.611. The van der Waals surface area contributed by atoms with Crippen molar-refractivity contribution in [1.29, 1.82) is 0 Å². The summed E-state index contributed by atoms with van der Waals surface area (Å²) in [7, 11) is 0. The van der Waals surface area contributed by atoms with Crippen LogP contribution in [0.3, 0.4) is 0 Å². The van der Waals surface area contributed by atoms with Gasteiger partial charge in [-0.25, -0.2) is 0 Å². The summed E-state index contributed by atoms with van der Waals surface area (Å²) >= 11 is 12.4. The van der Waals surface area contributed by atoms with Crippen LogP contribution in [0.4, 0.5) is 11.4 Å².